The van der Waals surface area contributed by atoms with Gasteiger partial charge in [0.25, 0.3) is 0 Å². The number of aliphatic carboxylic acids is 1. The summed E-state index contributed by atoms with van der Waals surface area (Å²) in [5.41, 5.74) is 3.31. The number of hydrogen-bond donors (Lipinski definition) is 2. The Hall–Kier alpha value is -2.67. The summed E-state index contributed by atoms with van der Waals surface area (Å²) in [5, 5.41) is 14.7. The number of nitrogens with one attached hydrogen (secondary N) is 1. The van der Waals surface area contributed by atoms with E-state index in [2.05, 4.69) is 17.4 Å². The number of rotatable bonds is 7. The predicted octanol–water partition coefficient (Wildman–Crippen LogP) is 6.47. The monoisotopic (exact) mass is 483 g/mol. The Morgan fingerprint density at radius 3 is 2.26 bits per heavy atom. The molecule has 1 amide bonds. The fourth-order valence-electron chi connectivity index (χ4n) is 5.38. The Kier molecular flexibility index (Phi) is 8.03. The molecular formula is C27H33NO5S. The van der Waals surface area contributed by atoms with Crippen LogP contribution in [0.4, 0.5) is 5.00 Å². The van der Waals surface area contributed by atoms with Crippen LogP contribution in [-0.4, -0.2) is 29.6 Å². The van der Waals surface area contributed by atoms with Gasteiger partial charge in [-0.15, -0.1) is 11.3 Å². The Morgan fingerprint density at radius 1 is 0.971 bits per heavy atom. The molecule has 0 spiro atoms. The maximum Gasteiger partial charge on any atom is 0.341 e. The molecule has 0 bridgehead atoms. The molecule has 0 unspecified atom stereocenters. The minimum absolute atomic E-state index is 0.228. The average Bonchev–Trinajstić information content (AvgIpc) is 3.28. The molecular weight excluding hydrogens is 450 g/mol. The molecule has 7 heteroatoms. The molecule has 1 heterocycles. The number of carbonyl (C=O) groups is 3. The fraction of sp³-hybridized carbons (Fsp3) is 0.519. The van der Waals surface area contributed by atoms with Gasteiger partial charge in [0.1, 0.15) is 10.6 Å². The van der Waals surface area contributed by atoms with Gasteiger partial charge < -0.3 is 15.2 Å². The van der Waals surface area contributed by atoms with E-state index in [1.165, 1.54) is 49.0 Å². The van der Waals surface area contributed by atoms with E-state index < -0.39 is 23.8 Å². The van der Waals surface area contributed by atoms with Crippen molar-refractivity contribution in [3.05, 3.63) is 40.8 Å². The number of carboxylic acid groups (broad SMARTS) is 1. The number of benzene rings is 1. The zero-order valence-corrected chi connectivity index (χ0v) is 20.5. The Bertz CT molecular complexity index is 1020. The lowest BCUT2D eigenvalue weighted by molar-refractivity contribution is -0.147. The highest BCUT2D eigenvalue weighted by Gasteiger charge is 2.36. The van der Waals surface area contributed by atoms with Crippen molar-refractivity contribution >= 4 is 34.2 Å². The van der Waals surface area contributed by atoms with Crippen molar-refractivity contribution in [2.75, 3.05) is 11.9 Å². The molecule has 2 atom stereocenters. The topological polar surface area (TPSA) is 92.7 Å². The number of esters is 1. The molecule has 2 aliphatic rings. The normalized spacial score (nSPS) is 21.1. The second-order valence-electron chi connectivity index (χ2n) is 9.36. The van der Waals surface area contributed by atoms with Crippen LogP contribution in [0.15, 0.2) is 29.6 Å². The first kappa shape index (κ1) is 24.5. The molecule has 2 aliphatic carbocycles. The lowest BCUT2D eigenvalue weighted by Crippen LogP contribution is -2.36. The molecule has 4 rings (SSSR count). The van der Waals surface area contributed by atoms with E-state index in [0.29, 0.717) is 29.3 Å². The lowest BCUT2D eigenvalue weighted by atomic mass is 9.78. The number of anilines is 1. The SMILES string of the molecule is CCOC(=O)c1c(-c2ccc(C3CCCCC3)cc2)csc1NC(=O)[C@H]1CCCC[C@@H]1C(=O)O. The van der Waals surface area contributed by atoms with E-state index in [9.17, 15) is 19.5 Å². The third-order valence-electron chi connectivity index (χ3n) is 7.23. The number of hydrogen-bond acceptors (Lipinski definition) is 5. The van der Waals surface area contributed by atoms with Crippen molar-refractivity contribution in [2.45, 2.75) is 70.6 Å². The van der Waals surface area contributed by atoms with Gasteiger partial charge in [0, 0.05) is 10.9 Å². The van der Waals surface area contributed by atoms with Crippen molar-refractivity contribution in [3.63, 3.8) is 0 Å². The van der Waals surface area contributed by atoms with Crippen LogP contribution in [-0.2, 0) is 14.3 Å². The molecule has 182 valence electrons. The highest BCUT2D eigenvalue weighted by atomic mass is 32.1. The van der Waals surface area contributed by atoms with Crippen LogP contribution >= 0.6 is 11.3 Å². The molecule has 1 aromatic carbocycles. The van der Waals surface area contributed by atoms with E-state index in [0.717, 1.165) is 24.0 Å². The Labute approximate surface area is 204 Å². The van der Waals surface area contributed by atoms with E-state index in [4.69, 9.17) is 4.74 Å². The second kappa shape index (κ2) is 11.2. The minimum atomic E-state index is -0.935. The molecule has 0 saturated heterocycles. The summed E-state index contributed by atoms with van der Waals surface area (Å²) in [5.74, 6) is -2.44. The molecule has 34 heavy (non-hydrogen) atoms. The molecule has 2 aromatic rings. The number of carbonyl (C=O) groups excluding carboxylic acids is 2. The summed E-state index contributed by atoms with van der Waals surface area (Å²) in [6.45, 7) is 1.98. The van der Waals surface area contributed by atoms with Crippen LogP contribution < -0.4 is 5.32 Å². The minimum Gasteiger partial charge on any atom is -0.481 e. The summed E-state index contributed by atoms with van der Waals surface area (Å²) in [6.07, 6.45) is 8.99. The van der Waals surface area contributed by atoms with Crippen LogP contribution in [0.1, 0.15) is 86.6 Å². The maximum absolute atomic E-state index is 13.1. The molecule has 0 radical (unpaired) electrons. The zero-order valence-electron chi connectivity index (χ0n) is 19.7. The van der Waals surface area contributed by atoms with E-state index >= 15 is 0 Å². The number of carboxylic acids is 1. The van der Waals surface area contributed by atoms with Crippen molar-refractivity contribution in [1.29, 1.82) is 0 Å². The first-order valence-corrected chi connectivity index (χ1v) is 13.3. The quantitative estimate of drug-likeness (QED) is 0.440. The van der Waals surface area contributed by atoms with E-state index in [1.54, 1.807) is 6.92 Å². The third kappa shape index (κ3) is 5.35. The number of thiophene rings is 1. The van der Waals surface area contributed by atoms with Crippen LogP contribution in [0.3, 0.4) is 0 Å². The van der Waals surface area contributed by atoms with E-state index in [-0.39, 0.29) is 12.5 Å². The Balaban J connectivity index is 1.59. The van der Waals surface area contributed by atoms with Crippen molar-refractivity contribution in [1.82, 2.24) is 0 Å². The summed E-state index contributed by atoms with van der Waals surface area (Å²) < 4.78 is 5.32. The molecule has 1 aromatic heterocycles. The summed E-state index contributed by atoms with van der Waals surface area (Å²) >= 11 is 1.28. The fourth-order valence-corrected chi connectivity index (χ4v) is 6.34. The molecule has 0 aliphatic heterocycles. The van der Waals surface area contributed by atoms with Gasteiger partial charge in [0.2, 0.25) is 5.91 Å². The van der Waals surface area contributed by atoms with Crippen LogP contribution in [0, 0.1) is 11.8 Å². The highest BCUT2D eigenvalue weighted by molar-refractivity contribution is 7.15. The third-order valence-corrected chi connectivity index (χ3v) is 8.12. The van der Waals surface area contributed by atoms with Crippen LogP contribution in [0.2, 0.25) is 0 Å². The highest BCUT2D eigenvalue weighted by Crippen LogP contribution is 2.39. The van der Waals surface area contributed by atoms with Gasteiger partial charge in [-0.3, -0.25) is 9.59 Å². The lowest BCUT2D eigenvalue weighted by Gasteiger charge is -2.27. The summed E-state index contributed by atoms with van der Waals surface area (Å²) in [4.78, 5) is 37.6. The van der Waals surface area contributed by atoms with E-state index in [1.807, 2.05) is 17.5 Å². The first-order chi connectivity index (χ1) is 16.5. The van der Waals surface area contributed by atoms with Gasteiger partial charge in [-0.1, -0.05) is 56.4 Å². The number of amides is 1. The van der Waals surface area contributed by atoms with Gasteiger partial charge in [-0.05, 0) is 49.7 Å². The van der Waals surface area contributed by atoms with Gasteiger partial charge in [0.05, 0.1) is 18.4 Å². The van der Waals surface area contributed by atoms with Gasteiger partial charge in [-0.25, -0.2) is 4.79 Å². The van der Waals surface area contributed by atoms with Gasteiger partial charge in [-0.2, -0.15) is 0 Å². The smallest absolute Gasteiger partial charge is 0.341 e. The van der Waals surface area contributed by atoms with Crippen molar-refractivity contribution < 1.29 is 24.2 Å². The van der Waals surface area contributed by atoms with Gasteiger partial charge in [0.15, 0.2) is 0 Å². The molecule has 6 nitrogen and oxygen atoms in total. The molecule has 2 saturated carbocycles. The standard InChI is InChI=1S/C27H33NO5S/c1-2-33-27(32)23-22(19-14-12-18(13-15-19)17-8-4-3-5-9-17)16-34-25(23)28-24(29)20-10-6-7-11-21(20)26(30)31/h12-17,20-21H,2-11H2,1H3,(H,28,29)(H,30,31)/t20-,21-/m0/s1. The molecule has 2 fully saturated rings. The largest absolute Gasteiger partial charge is 0.481 e. The average molecular weight is 484 g/mol. The summed E-state index contributed by atoms with van der Waals surface area (Å²) in [6, 6.07) is 8.38. The Morgan fingerprint density at radius 2 is 1.62 bits per heavy atom. The zero-order chi connectivity index (χ0) is 24.1. The second-order valence-corrected chi connectivity index (χ2v) is 10.2. The van der Waals surface area contributed by atoms with Crippen LogP contribution in [0.5, 0.6) is 0 Å². The predicted molar refractivity (Wildman–Crippen MR) is 133 cm³/mol. The maximum atomic E-state index is 13.1. The van der Waals surface area contributed by atoms with Crippen molar-refractivity contribution in [2.24, 2.45) is 11.8 Å². The van der Waals surface area contributed by atoms with Gasteiger partial charge >= 0.3 is 11.9 Å². The molecule has 2 N–H and O–H groups in total. The summed E-state index contributed by atoms with van der Waals surface area (Å²) in [7, 11) is 0. The van der Waals surface area contributed by atoms with Crippen molar-refractivity contribution in [3.8, 4) is 11.1 Å². The van der Waals surface area contributed by atoms with Crippen LogP contribution in [0.25, 0.3) is 11.1 Å². The number of ether oxygens (including phenoxy) is 1. The first-order valence-electron chi connectivity index (χ1n) is 12.4.